The quantitative estimate of drug-likeness (QED) is 0.611. The molecule has 2 aliphatic heterocycles. The smallest absolute Gasteiger partial charge is 0.255 e. The second-order valence-electron chi connectivity index (χ2n) is 9.61. The maximum absolute atomic E-state index is 13.0. The SMILES string of the molecule is [C-]#[N+]c1ccc(CN[C@H]2CCCC[C@@H]2Oc2ccc3c(c2)CN(C2CCC(=C)NC2=O)C3=O)cc1. The molecule has 0 spiro atoms. The van der Waals surface area contributed by atoms with Crippen LogP contribution in [0.5, 0.6) is 5.75 Å². The highest BCUT2D eigenvalue weighted by molar-refractivity contribution is 6.01. The maximum Gasteiger partial charge on any atom is 0.255 e. The number of piperidine rings is 1. The summed E-state index contributed by atoms with van der Waals surface area (Å²) in [6, 6.07) is 13.1. The van der Waals surface area contributed by atoms with Gasteiger partial charge < -0.3 is 20.3 Å². The highest BCUT2D eigenvalue weighted by atomic mass is 16.5. The van der Waals surface area contributed by atoms with E-state index in [0.29, 0.717) is 36.3 Å². The number of allylic oxidation sites excluding steroid dienone is 1. The van der Waals surface area contributed by atoms with E-state index in [1.165, 1.54) is 0 Å². The molecule has 2 fully saturated rings. The second-order valence-corrected chi connectivity index (χ2v) is 9.61. The van der Waals surface area contributed by atoms with Crippen molar-refractivity contribution in [3.63, 3.8) is 0 Å². The summed E-state index contributed by atoms with van der Waals surface area (Å²) in [6.07, 6.45) is 5.65. The van der Waals surface area contributed by atoms with Gasteiger partial charge in [-0.15, -0.1) is 0 Å². The van der Waals surface area contributed by atoms with Crippen LogP contribution in [0.2, 0.25) is 0 Å². The van der Waals surface area contributed by atoms with E-state index in [0.717, 1.165) is 49.1 Å². The molecule has 7 nitrogen and oxygen atoms in total. The molecule has 1 aliphatic carbocycles. The molecule has 0 radical (unpaired) electrons. The highest BCUT2D eigenvalue weighted by Gasteiger charge is 2.38. The Hall–Kier alpha value is -3.63. The number of ether oxygens (including phenoxy) is 1. The molecule has 5 rings (SSSR count). The molecule has 180 valence electrons. The Kier molecular flexibility index (Phi) is 6.56. The summed E-state index contributed by atoms with van der Waals surface area (Å²) < 4.78 is 6.45. The minimum absolute atomic E-state index is 0.0488. The third kappa shape index (κ3) is 4.94. The van der Waals surface area contributed by atoms with Gasteiger partial charge in [0.25, 0.3) is 5.91 Å². The van der Waals surface area contributed by atoms with Gasteiger partial charge in [0, 0.05) is 30.4 Å². The van der Waals surface area contributed by atoms with Crippen molar-refractivity contribution < 1.29 is 14.3 Å². The van der Waals surface area contributed by atoms with Crippen LogP contribution in [0.25, 0.3) is 4.85 Å². The molecule has 2 aromatic rings. The number of nitrogens with zero attached hydrogens (tertiary/aromatic N) is 2. The average molecular weight is 471 g/mol. The van der Waals surface area contributed by atoms with E-state index >= 15 is 0 Å². The van der Waals surface area contributed by atoms with E-state index in [1.54, 1.807) is 4.90 Å². The number of fused-ring (bicyclic) bond motifs is 1. The molecule has 2 aromatic carbocycles. The predicted octanol–water partition coefficient (Wildman–Crippen LogP) is 4.47. The van der Waals surface area contributed by atoms with E-state index < -0.39 is 6.04 Å². The van der Waals surface area contributed by atoms with Crippen molar-refractivity contribution in [2.75, 3.05) is 0 Å². The summed E-state index contributed by atoms with van der Waals surface area (Å²) in [5, 5.41) is 6.43. The van der Waals surface area contributed by atoms with Crippen molar-refractivity contribution in [1.82, 2.24) is 15.5 Å². The van der Waals surface area contributed by atoms with E-state index in [-0.39, 0.29) is 24.0 Å². The van der Waals surface area contributed by atoms with Gasteiger partial charge in [0.1, 0.15) is 17.9 Å². The molecule has 7 heteroatoms. The summed E-state index contributed by atoms with van der Waals surface area (Å²) in [7, 11) is 0. The fourth-order valence-corrected chi connectivity index (χ4v) is 5.29. The molecular formula is C28H30N4O3. The molecule has 2 N–H and O–H groups in total. The highest BCUT2D eigenvalue weighted by Crippen LogP contribution is 2.32. The summed E-state index contributed by atoms with van der Waals surface area (Å²) >= 11 is 0. The topological polar surface area (TPSA) is 75.0 Å². The minimum atomic E-state index is -0.458. The second kappa shape index (κ2) is 9.93. The fourth-order valence-electron chi connectivity index (χ4n) is 5.29. The number of hydrogen-bond acceptors (Lipinski definition) is 4. The molecule has 0 bridgehead atoms. The molecule has 1 unspecified atom stereocenters. The van der Waals surface area contributed by atoms with Gasteiger partial charge in [0.15, 0.2) is 5.69 Å². The number of carbonyl (C=O) groups excluding carboxylic acids is 2. The van der Waals surface area contributed by atoms with Gasteiger partial charge in [0.2, 0.25) is 5.91 Å². The lowest BCUT2D eigenvalue weighted by Crippen LogP contribution is -2.49. The van der Waals surface area contributed by atoms with Crippen LogP contribution in [0.4, 0.5) is 5.69 Å². The number of benzene rings is 2. The summed E-state index contributed by atoms with van der Waals surface area (Å²) in [4.78, 5) is 30.5. The zero-order valence-electron chi connectivity index (χ0n) is 19.8. The van der Waals surface area contributed by atoms with Gasteiger partial charge in [-0.3, -0.25) is 9.59 Å². The predicted molar refractivity (Wildman–Crippen MR) is 133 cm³/mol. The first-order chi connectivity index (χ1) is 17.0. The average Bonchev–Trinajstić information content (AvgIpc) is 3.19. The summed E-state index contributed by atoms with van der Waals surface area (Å²) in [5.74, 6) is 0.513. The zero-order chi connectivity index (χ0) is 24.4. The maximum atomic E-state index is 13.0. The van der Waals surface area contributed by atoms with E-state index in [1.807, 2.05) is 42.5 Å². The van der Waals surface area contributed by atoms with Crippen LogP contribution in [0.3, 0.4) is 0 Å². The third-order valence-electron chi connectivity index (χ3n) is 7.23. The molecule has 2 heterocycles. The standard InChI is InChI=1S/C28H30N4O3/c1-18-7-14-25(27(33)31-18)32-17-20-15-22(12-13-23(20)28(32)34)35-26-6-4-3-5-24(26)30-16-19-8-10-21(29-2)11-9-19/h8-13,15,24-26,30H,1,3-7,14,16-17H2,(H,31,33)/t24-,25?,26-/m0/s1. The number of carbonyl (C=O) groups is 2. The minimum Gasteiger partial charge on any atom is -0.489 e. The molecular weight excluding hydrogens is 440 g/mol. The molecule has 35 heavy (non-hydrogen) atoms. The van der Waals surface area contributed by atoms with Gasteiger partial charge in [0.05, 0.1) is 6.57 Å². The van der Waals surface area contributed by atoms with Gasteiger partial charge in [-0.2, -0.15) is 0 Å². The monoisotopic (exact) mass is 470 g/mol. The molecule has 1 saturated heterocycles. The van der Waals surface area contributed by atoms with Gasteiger partial charge in [-0.25, -0.2) is 4.85 Å². The van der Waals surface area contributed by atoms with Crippen molar-refractivity contribution in [1.29, 1.82) is 0 Å². The first kappa shape index (κ1) is 23.1. The Morgan fingerprint density at radius 2 is 1.91 bits per heavy atom. The zero-order valence-corrected chi connectivity index (χ0v) is 19.8. The van der Waals surface area contributed by atoms with Crippen molar-refractivity contribution in [2.24, 2.45) is 0 Å². The first-order valence-electron chi connectivity index (χ1n) is 12.3. The molecule has 1 saturated carbocycles. The van der Waals surface area contributed by atoms with Gasteiger partial charge in [-0.05, 0) is 61.4 Å². The Labute approximate surface area is 206 Å². The third-order valence-corrected chi connectivity index (χ3v) is 7.23. The first-order valence-corrected chi connectivity index (χ1v) is 12.3. The Balaban J connectivity index is 1.24. The Morgan fingerprint density at radius 1 is 1.11 bits per heavy atom. The molecule has 0 aromatic heterocycles. The van der Waals surface area contributed by atoms with Crippen molar-refractivity contribution >= 4 is 17.5 Å². The van der Waals surface area contributed by atoms with Crippen LogP contribution < -0.4 is 15.4 Å². The lowest BCUT2D eigenvalue weighted by Gasteiger charge is -2.33. The summed E-state index contributed by atoms with van der Waals surface area (Å²) in [6.45, 7) is 12.1. The van der Waals surface area contributed by atoms with Crippen LogP contribution in [-0.4, -0.2) is 34.9 Å². The van der Waals surface area contributed by atoms with Crippen LogP contribution in [0.1, 0.15) is 60.0 Å². The number of rotatable bonds is 6. The van der Waals surface area contributed by atoms with Crippen molar-refractivity contribution in [3.05, 3.63) is 82.8 Å². The number of hydrogen-bond donors (Lipinski definition) is 2. The van der Waals surface area contributed by atoms with Crippen LogP contribution in [0, 0.1) is 6.57 Å². The van der Waals surface area contributed by atoms with E-state index in [2.05, 4.69) is 22.1 Å². The molecule has 3 aliphatic rings. The van der Waals surface area contributed by atoms with Crippen molar-refractivity contribution in [3.8, 4) is 5.75 Å². The number of amides is 2. The van der Waals surface area contributed by atoms with E-state index in [9.17, 15) is 9.59 Å². The van der Waals surface area contributed by atoms with Crippen LogP contribution >= 0.6 is 0 Å². The normalized spacial score (nSPS) is 24.0. The molecule has 3 atom stereocenters. The lowest BCUT2D eigenvalue weighted by atomic mass is 9.92. The van der Waals surface area contributed by atoms with Crippen LogP contribution in [-0.2, 0) is 17.9 Å². The lowest BCUT2D eigenvalue weighted by molar-refractivity contribution is -0.126. The van der Waals surface area contributed by atoms with Crippen LogP contribution in [0.15, 0.2) is 54.7 Å². The largest absolute Gasteiger partial charge is 0.489 e. The molecule has 2 amide bonds. The van der Waals surface area contributed by atoms with E-state index in [4.69, 9.17) is 11.3 Å². The van der Waals surface area contributed by atoms with Gasteiger partial charge in [-0.1, -0.05) is 37.3 Å². The summed E-state index contributed by atoms with van der Waals surface area (Å²) in [5.41, 5.74) is 4.06. The Morgan fingerprint density at radius 3 is 2.69 bits per heavy atom. The Bertz CT molecular complexity index is 1180. The fraction of sp³-hybridized carbons (Fsp3) is 0.393. The van der Waals surface area contributed by atoms with Gasteiger partial charge >= 0.3 is 0 Å². The van der Waals surface area contributed by atoms with Crippen molar-refractivity contribution in [2.45, 2.75) is 69.8 Å². The number of nitrogens with one attached hydrogen (secondary N) is 2.